The maximum absolute atomic E-state index is 12.1. The Morgan fingerprint density at radius 3 is 2.58 bits per heavy atom. The monoisotopic (exact) mass is 320 g/mol. The molecule has 2 heterocycles. The standard InChI is InChI=1S/C10H13ClN4O2S2/c1-6-8(5-15(3)14-6)4-12-19(16,17)9-7(2)13-10(11)18-9/h5,12H,4H2,1-3H3. The Balaban J connectivity index is 2.19. The lowest BCUT2D eigenvalue weighted by Gasteiger charge is -2.04. The lowest BCUT2D eigenvalue weighted by molar-refractivity contribution is 0.582. The van der Waals surface area contributed by atoms with Gasteiger partial charge in [0, 0.05) is 25.4 Å². The summed E-state index contributed by atoms with van der Waals surface area (Å²) in [5.74, 6) is 0. The van der Waals surface area contributed by atoms with Crippen LogP contribution in [0.5, 0.6) is 0 Å². The van der Waals surface area contributed by atoms with Crippen molar-refractivity contribution in [3.05, 3.63) is 27.6 Å². The molecule has 0 aliphatic heterocycles. The van der Waals surface area contributed by atoms with Crippen LogP contribution in [-0.4, -0.2) is 23.2 Å². The van der Waals surface area contributed by atoms with Crippen LogP contribution in [0.4, 0.5) is 0 Å². The van der Waals surface area contributed by atoms with Gasteiger partial charge in [-0.1, -0.05) is 22.9 Å². The molecule has 0 unspecified atom stereocenters. The van der Waals surface area contributed by atoms with Gasteiger partial charge < -0.3 is 0 Å². The van der Waals surface area contributed by atoms with E-state index in [1.54, 1.807) is 24.9 Å². The van der Waals surface area contributed by atoms with Gasteiger partial charge in [0.25, 0.3) is 10.0 Å². The third-order valence-corrected chi connectivity index (χ3v) is 5.81. The van der Waals surface area contributed by atoms with Crippen molar-refractivity contribution in [2.75, 3.05) is 0 Å². The van der Waals surface area contributed by atoms with Crippen molar-refractivity contribution in [3.8, 4) is 0 Å². The molecular weight excluding hydrogens is 308 g/mol. The van der Waals surface area contributed by atoms with E-state index < -0.39 is 10.0 Å². The molecule has 9 heteroatoms. The molecule has 0 atom stereocenters. The Morgan fingerprint density at radius 1 is 1.42 bits per heavy atom. The third-order valence-electron chi connectivity index (χ3n) is 2.54. The number of rotatable bonds is 4. The zero-order valence-corrected chi connectivity index (χ0v) is 13.0. The van der Waals surface area contributed by atoms with Crippen LogP contribution in [0.2, 0.25) is 4.47 Å². The van der Waals surface area contributed by atoms with E-state index in [1.807, 2.05) is 6.92 Å². The van der Waals surface area contributed by atoms with Crippen molar-refractivity contribution >= 4 is 33.0 Å². The second-order valence-corrected chi connectivity index (χ2v) is 7.62. The first-order valence-electron chi connectivity index (χ1n) is 5.41. The molecule has 19 heavy (non-hydrogen) atoms. The first-order chi connectivity index (χ1) is 8.79. The molecule has 2 aromatic rings. The summed E-state index contributed by atoms with van der Waals surface area (Å²) in [4.78, 5) is 3.90. The number of hydrogen-bond acceptors (Lipinski definition) is 5. The molecule has 0 fully saturated rings. The fourth-order valence-corrected chi connectivity index (χ4v) is 4.45. The van der Waals surface area contributed by atoms with Gasteiger partial charge in [-0.25, -0.2) is 18.1 Å². The van der Waals surface area contributed by atoms with E-state index in [1.165, 1.54) is 0 Å². The number of thiazole rings is 1. The number of halogens is 1. The minimum absolute atomic E-state index is 0.152. The van der Waals surface area contributed by atoms with Crippen molar-refractivity contribution in [2.24, 2.45) is 7.05 Å². The quantitative estimate of drug-likeness (QED) is 0.928. The van der Waals surface area contributed by atoms with Gasteiger partial charge in [-0.2, -0.15) is 5.10 Å². The Bertz CT molecular complexity index is 705. The maximum atomic E-state index is 12.1. The lowest BCUT2D eigenvalue weighted by Crippen LogP contribution is -2.23. The van der Waals surface area contributed by atoms with Gasteiger partial charge in [-0.15, -0.1) is 0 Å². The average molecular weight is 321 g/mol. The fraction of sp³-hybridized carbons (Fsp3) is 0.400. The predicted octanol–water partition coefficient (Wildman–Crippen LogP) is 1.63. The van der Waals surface area contributed by atoms with E-state index in [-0.39, 0.29) is 15.2 Å². The van der Waals surface area contributed by atoms with Gasteiger partial charge >= 0.3 is 0 Å². The third kappa shape index (κ3) is 3.14. The highest BCUT2D eigenvalue weighted by Crippen LogP contribution is 2.26. The van der Waals surface area contributed by atoms with Gasteiger partial charge in [0.05, 0.1) is 11.4 Å². The Morgan fingerprint density at radius 2 is 2.11 bits per heavy atom. The van der Waals surface area contributed by atoms with E-state index in [0.717, 1.165) is 22.6 Å². The minimum Gasteiger partial charge on any atom is -0.275 e. The first kappa shape index (κ1) is 14.4. The van der Waals surface area contributed by atoms with Crippen molar-refractivity contribution in [1.82, 2.24) is 19.5 Å². The molecule has 0 radical (unpaired) electrons. The molecule has 0 spiro atoms. The number of aryl methyl sites for hydroxylation is 3. The highest BCUT2D eigenvalue weighted by Gasteiger charge is 2.21. The van der Waals surface area contributed by atoms with E-state index in [9.17, 15) is 8.42 Å². The highest BCUT2D eigenvalue weighted by molar-refractivity contribution is 7.91. The maximum Gasteiger partial charge on any atom is 0.252 e. The number of sulfonamides is 1. The normalized spacial score (nSPS) is 12.0. The Labute approximate surface area is 120 Å². The second-order valence-electron chi connectivity index (χ2n) is 4.08. The van der Waals surface area contributed by atoms with Gasteiger partial charge in [-0.3, -0.25) is 4.68 Å². The largest absolute Gasteiger partial charge is 0.275 e. The topological polar surface area (TPSA) is 76.9 Å². The SMILES string of the molecule is Cc1nn(C)cc1CNS(=O)(=O)c1sc(Cl)nc1C. The van der Waals surface area contributed by atoms with Crippen LogP contribution < -0.4 is 4.72 Å². The molecule has 0 aromatic carbocycles. The van der Waals surface area contributed by atoms with Crippen molar-refractivity contribution in [3.63, 3.8) is 0 Å². The molecule has 0 saturated heterocycles. The van der Waals surface area contributed by atoms with Gasteiger partial charge in [0.15, 0.2) is 8.68 Å². The molecular formula is C10H13ClN4O2S2. The molecule has 2 aromatic heterocycles. The molecule has 6 nitrogen and oxygen atoms in total. The summed E-state index contributed by atoms with van der Waals surface area (Å²) in [5.41, 5.74) is 2.04. The predicted molar refractivity (Wildman–Crippen MR) is 73.8 cm³/mol. The fourth-order valence-electron chi connectivity index (χ4n) is 1.66. The van der Waals surface area contributed by atoms with Crippen LogP contribution in [0.3, 0.4) is 0 Å². The zero-order chi connectivity index (χ0) is 14.2. The molecule has 0 saturated carbocycles. The summed E-state index contributed by atoms with van der Waals surface area (Å²) in [6.07, 6.45) is 1.78. The lowest BCUT2D eigenvalue weighted by atomic mass is 10.3. The van der Waals surface area contributed by atoms with Gasteiger partial charge in [0.2, 0.25) is 0 Å². The van der Waals surface area contributed by atoms with Crippen LogP contribution >= 0.6 is 22.9 Å². The van der Waals surface area contributed by atoms with Crippen LogP contribution in [0.15, 0.2) is 10.4 Å². The van der Waals surface area contributed by atoms with E-state index >= 15 is 0 Å². The summed E-state index contributed by atoms with van der Waals surface area (Å²) < 4.78 is 28.8. The van der Waals surface area contributed by atoms with Gasteiger partial charge in [0.1, 0.15) is 0 Å². The number of aromatic nitrogens is 3. The molecule has 1 N–H and O–H groups in total. The zero-order valence-electron chi connectivity index (χ0n) is 10.6. The average Bonchev–Trinajstić information content (AvgIpc) is 2.79. The number of nitrogens with zero attached hydrogens (tertiary/aromatic N) is 3. The number of nitrogens with one attached hydrogen (secondary N) is 1. The van der Waals surface area contributed by atoms with Crippen molar-refractivity contribution < 1.29 is 8.42 Å². The van der Waals surface area contributed by atoms with Crippen LogP contribution in [0, 0.1) is 13.8 Å². The molecule has 0 amide bonds. The molecule has 2 rings (SSSR count). The number of hydrogen-bond donors (Lipinski definition) is 1. The minimum atomic E-state index is -3.59. The van der Waals surface area contributed by atoms with Crippen LogP contribution in [-0.2, 0) is 23.6 Å². The summed E-state index contributed by atoms with van der Waals surface area (Å²) in [5, 5.41) is 4.16. The molecule has 0 aliphatic carbocycles. The molecule has 0 bridgehead atoms. The summed E-state index contributed by atoms with van der Waals surface area (Å²) in [6.45, 7) is 3.64. The molecule has 104 valence electrons. The summed E-state index contributed by atoms with van der Waals surface area (Å²) >= 11 is 6.67. The van der Waals surface area contributed by atoms with Crippen LogP contribution in [0.1, 0.15) is 17.0 Å². The second kappa shape index (κ2) is 5.20. The van der Waals surface area contributed by atoms with E-state index in [4.69, 9.17) is 11.6 Å². The Kier molecular flexibility index (Phi) is 3.95. The van der Waals surface area contributed by atoms with Crippen LogP contribution in [0.25, 0.3) is 0 Å². The van der Waals surface area contributed by atoms with Crippen molar-refractivity contribution in [1.29, 1.82) is 0 Å². The summed E-state index contributed by atoms with van der Waals surface area (Å²) in [6, 6.07) is 0. The highest BCUT2D eigenvalue weighted by atomic mass is 35.5. The molecule has 0 aliphatic rings. The van der Waals surface area contributed by atoms with Crippen molar-refractivity contribution in [2.45, 2.75) is 24.6 Å². The Hall–Kier alpha value is -0.960. The smallest absolute Gasteiger partial charge is 0.252 e. The first-order valence-corrected chi connectivity index (χ1v) is 8.09. The summed E-state index contributed by atoms with van der Waals surface area (Å²) in [7, 11) is -1.80. The van der Waals surface area contributed by atoms with E-state index in [0.29, 0.717) is 5.69 Å². The van der Waals surface area contributed by atoms with Gasteiger partial charge in [-0.05, 0) is 13.8 Å². The van der Waals surface area contributed by atoms with E-state index in [2.05, 4.69) is 14.8 Å².